The zero-order valence-electron chi connectivity index (χ0n) is 10.6. The number of anilines is 1. The number of hydrogen-bond acceptors (Lipinski definition) is 5. The minimum atomic E-state index is -0.703. The van der Waals surface area contributed by atoms with E-state index in [0.29, 0.717) is 17.9 Å². The molecule has 0 spiro atoms. The first-order chi connectivity index (χ1) is 9.20. The Bertz CT molecular complexity index is 456. The lowest BCUT2D eigenvalue weighted by Gasteiger charge is -2.32. The van der Waals surface area contributed by atoms with Gasteiger partial charge < -0.3 is 20.7 Å². The Balaban J connectivity index is 2.17. The first-order valence-corrected chi connectivity index (χ1v) is 6.17. The molecule has 1 aromatic rings. The second-order valence-corrected chi connectivity index (χ2v) is 4.46. The Kier molecular flexibility index (Phi) is 4.19. The molecule has 1 aliphatic heterocycles. The van der Waals surface area contributed by atoms with Crippen molar-refractivity contribution >= 4 is 11.9 Å². The summed E-state index contributed by atoms with van der Waals surface area (Å²) in [6, 6.07) is 6.95. The molecule has 0 bridgehead atoms. The third-order valence-electron chi connectivity index (χ3n) is 3.18. The van der Waals surface area contributed by atoms with E-state index in [1.165, 1.54) is 0 Å². The Morgan fingerprint density at radius 1 is 1.26 bits per heavy atom. The van der Waals surface area contributed by atoms with Crippen LogP contribution in [-0.2, 0) is 0 Å². The van der Waals surface area contributed by atoms with Crippen LogP contribution in [0.3, 0.4) is 0 Å². The van der Waals surface area contributed by atoms with E-state index >= 15 is 0 Å². The van der Waals surface area contributed by atoms with Gasteiger partial charge in [0.1, 0.15) is 11.3 Å². The highest BCUT2D eigenvalue weighted by Crippen LogP contribution is 2.29. The Morgan fingerprint density at radius 2 is 2.00 bits per heavy atom. The molecule has 2 unspecified atom stereocenters. The lowest BCUT2D eigenvalue weighted by atomic mass is 9.90. The zero-order valence-corrected chi connectivity index (χ0v) is 10.6. The second-order valence-electron chi connectivity index (χ2n) is 4.46. The van der Waals surface area contributed by atoms with Gasteiger partial charge in [0.25, 0.3) is 0 Å². The summed E-state index contributed by atoms with van der Waals surface area (Å²) < 4.78 is 5.78. The Morgan fingerprint density at radius 3 is 2.53 bits per heavy atom. The van der Waals surface area contributed by atoms with Gasteiger partial charge in [0.15, 0.2) is 6.10 Å². The van der Waals surface area contributed by atoms with Gasteiger partial charge in [-0.15, -0.1) is 0 Å². The average molecular weight is 262 g/mol. The van der Waals surface area contributed by atoms with Crippen LogP contribution in [0.1, 0.15) is 6.42 Å². The van der Waals surface area contributed by atoms with Crippen LogP contribution in [0.4, 0.5) is 5.69 Å². The molecule has 102 valence electrons. The smallest absolute Gasteiger partial charge is 0.150 e. The van der Waals surface area contributed by atoms with Crippen LogP contribution >= 0.6 is 0 Å². The molecule has 0 radical (unpaired) electrons. The summed E-state index contributed by atoms with van der Waals surface area (Å²) in [4.78, 5) is 4.34. The van der Waals surface area contributed by atoms with Crippen LogP contribution in [0.15, 0.2) is 41.4 Å². The highest BCUT2D eigenvalue weighted by atomic mass is 16.5. The van der Waals surface area contributed by atoms with Crippen LogP contribution in [-0.4, -0.2) is 41.3 Å². The molecular weight excluding hydrogens is 244 g/mol. The maximum atomic E-state index is 9.56. The van der Waals surface area contributed by atoms with E-state index in [1.54, 1.807) is 36.6 Å². The summed E-state index contributed by atoms with van der Waals surface area (Å²) in [6.45, 7) is -0.213. The van der Waals surface area contributed by atoms with Crippen LogP contribution in [0.25, 0.3) is 0 Å². The summed E-state index contributed by atoms with van der Waals surface area (Å²) >= 11 is 0. The van der Waals surface area contributed by atoms with E-state index in [2.05, 4.69) is 4.99 Å². The maximum Gasteiger partial charge on any atom is 0.150 e. The molecule has 5 heteroatoms. The molecule has 1 aromatic carbocycles. The molecule has 0 aliphatic carbocycles. The van der Waals surface area contributed by atoms with Crippen molar-refractivity contribution in [3.05, 3.63) is 36.4 Å². The van der Waals surface area contributed by atoms with Gasteiger partial charge in [0.05, 0.1) is 6.61 Å². The Labute approximate surface area is 112 Å². The molecule has 0 saturated carbocycles. The molecule has 0 aromatic heterocycles. The number of nitrogens with zero attached hydrogens (tertiary/aromatic N) is 1. The van der Waals surface area contributed by atoms with Crippen molar-refractivity contribution in [1.29, 1.82) is 0 Å². The summed E-state index contributed by atoms with van der Waals surface area (Å²) in [5, 5.41) is 18.7. The van der Waals surface area contributed by atoms with Crippen molar-refractivity contribution in [3.8, 4) is 5.75 Å². The molecule has 1 heterocycles. The zero-order chi connectivity index (χ0) is 13.7. The molecule has 4 N–H and O–H groups in total. The molecule has 0 fully saturated rings. The van der Waals surface area contributed by atoms with E-state index in [0.717, 1.165) is 0 Å². The van der Waals surface area contributed by atoms with Gasteiger partial charge in [-0.1, -0.05) is 6.08 Å². The molecule has 2 rings (SSSR count). The molecule has 5 nitrogen and oxygen atoms in total. The van der Waals surface area contributed by atoms with E-state index < -0.39 is 11.6 Å². The molecule has 19 heavy (non-hydrogen) atoms. The molecule has 0 saturated heterocycles. The SMILES string of the molecule is Nc1ccc(OC(CO)C2(CCO)C=CC=N2)cc1. The van der Waals surface area contributed by atoms with Crippen molar-refractivity contribution in [3.63, 3.8) is 0 Å². The van der Waals surface area contributed by atoms with E-state index in [1.807, 2.05) is 6.08 Å². The van der Waals surface area contributed by atoms with Crippen LogP contribution < -0.4 is 10.5 Å². The lowest BCUT2D eigenvalue weighted by molar-refractivity contribution is 0.0601. The van der Waals surface area contributed by atoms with E-state index in [9.17, 15) is 10.2 Å². The molecule has 0 amide bonds. The number of benzene rings is 1. The van der Waals surface area contributed by atoms with Crippen LogP contribution in [0.5, 0.6) is 5.75 Å². The first kappa shape index (κ1) is 13.6. The fraction of sp³-hybridized carbons (Fsp3) is 0.357. The largest absolute Gasteiger partial charge is 0.485 e. The minimum absolute atomic E-state index is 0.0245. The van der Waals surface area contributed by atoms with Crippen molar-refractivity contribution in [2.24, 2.45) is 4.99 Å². The summed E-state index contributed by atoms with van der Waals surface area (Å²) in [7, 11) is 0. The molecule has 1 aliphatic rings. The van der Waals surface area contributed by atoms with Gasteiger partial charge in [-0.25, -0.2) is 0 Å². The standard InChI is InChI=1S/C14H18N2O3/c15-11-2-4-12(5-3-11)19-13(10-18)14(7-9-17)6-1-8-16-14/h1-6,8,13,17-18H,7,9-10,15H2. The predicted octanol–water partition coefficient (Wildman–Crippen LogP) is 0.770. The van der Waals surface area contributed by atoms with E-state index in [-0.39, 0.29) is 13.2 Å². The average Bonchev–Trinajstić information content (AvgIpc) is 2.88. The predicted molar refractivity (Wildman–Crippen MR) is 74.4 cm³/mol. The third kappa shape index (κ3) is 2.94. The summed E-state index contributed by atoms with van der Waals surface area (Å²) in [5.41, 5.74) is 5.56. The van der Waals surface area contributed by atoms with Crippen molar-refractivity contribution in [2.45, 2.75) is 18.1 Å². The topological polar surface area (TPSA) is 88.1 Å². The fourth-order valence-corrected chi connectivity index (χ4v) is 2.12. The number of aliphatic imine (C=N–C) groups is 1. The summed E-state index contributed by atoms with van der Waals surface area (Å²) in [5.74, 6) is 0.612. The number of nitrogen functional groups attached to an aromatic ring is 1. The lowest BCUT2D eigenvalue weighted by Crippen LogP contribution is -2.45. The quantitative estimate of drug-likeness (QED) is 0.661. The highest BCUT2D eigenvalue weighted by molar-refractivity contribution is 5.75. The second kappa shape index (κ2) is 5.86. The van der Waals surface area contributed by atoms with E-state index in [4.69, 9.17) is 10.5 Å². The van der Waals surface area contributed by atoms with Gasteiger partial charge in [-0.2, -0.15) is 0 Å². The molecule has 2 atom stereocenters. The third-order valence-corrected chi connectivity index (χ3v) is 3.18. The van der Waals surface area contributed by atoms with Gasteiger partial charge in [0, 0.05) is 24.9 Å². The maximum absolute atomic E-state index is 9.56. The monoisotopic (exact) mass is 262 g/mol. The van der Waals surface area contributed by atoms with Crippen molar-refractivity contribution in [2.75, 3.05) is 18.9 Å². The number of aliphatic hydroxyl groups is 2. The number of allylic oxidation sites excluding steroid dienone is 1. The number of rotatable bonds is 6. The number of hydrogen-bond donors (Lipinski definition) is 3. The first-order valence-electron chi connectivity index (χ1n) is 6.17. The summed E-state index contributed by atoms with van der Waals surface area (Å²) in [6.07, 6.45) is 5.16. The molecular formula is C14H18N2O3. The van der Waals surface area contributed by atoms with Crippen LogP contribution in [0.2, 0.25) is 0 Å². The number of ether oxygens (including phenoxy) is 1. The number of aliphatic hydroxyl groups excluding tert-OH is 2. The van der Waals surface area contributed by atoms with Crippen molar-refractivity contribution < 1.29 is 14.9 Å². The van der Waals surface area contributed by atoms with Crippen LogP contribution in [0, 0.1) is 0 Å². The number of nitrogens with two attached hydrogens (primary N) is 1. The fourth-order valence-electron chi connectivity index (χ4n) is 2.12. The van der Waals surface area contributed by atoms with Gasteiger partial charge in [-0.3, -0.25) is 4.99 Å². The highest BCUT2D eigenvalue weighted by Gasteiger charge is 2.38. The van der Waals surface area contributed by atoms with Gasteiger partial charge in [0.2, 0.25) is 0 Å². The van der Waals surface area contributed by atoms with Crippen molar-refractivity contribution in [1.82, 2.24) is 0 Å². The van der Waals surface area contributed by atoms with Gasteiger partial charge in [-0.05, 0) is 30.3 Å². The van der Waals surface area contributed by atoms with Gasteiger partial charge >= 0.3 is 0 Å². The minimum Gasteiger partial charge on any atom is -0.485 e. The normalized spacial score (nSPS) is 22.6. The Hall–Kier alpha value is -1.85.